The second kappa shape index (κ2) is 6.94. The van der Waals surface area contributed by atoms with Gasteiger partial charge in [-0.3, -0.25) is 4.79 Å². The molecule has 4 aromatic rings. The number of rotatable bonds is 5. The molecule has 1 atom stereocenters. The van der Waals surface area contributed by atoms with E-state index in [0.29, 0.717) is 5.88 Å². The van der Waals surface area contributed by atoms with Crippen LogP contribution in [0.3, 0.4) is 0 Å². The minimum absolute atomic E-state index is 0.00395. The Morgan fingerprint density at radius 2 is 2.15 bits per heavy atom. The third kappa shape index (κ3) is 3.09. The van der Waals surface area contributed by atoms with Crippen LogP contribution < -0.4 is 0 Å². The molecule has 27 heavy (non-hydrogen) atoms. The summed E-state index contributed by atoms with van der Waals surface area (Å²) in [5, 5.41) is 21.0. The zero-order chi connectivity index (χ0) is 19.1. The van der Waals surface area contributed by atoms with Gasteiger partial charge in [-0.2, -0.15) is 0 Å². The van der Waals surface area contributed by atoms with Crippen LogP contribution in [-0.4, -0.2) is 26.1 Å². The molecule has 1 unspecified atom stereocenters. The van der Waals surface area contributed by atoms with E-state index in [-0.39, 0.29) is 12.3 Å². The average Bonchev–Trinajstić information content (AvgIpc) is 3.26. The monoisotopic (exact) mass is 399 g/mol. The summed E-state index contributed by atoms with van der Waals surface area (Å²) in [6, 6.07) is 10.1. The van der Waals surface area contributed by atoms with E-state index in [2.05, 4.69) is 22.4 Å². The van der Waals surface area contributed by atoms with Crippen molar-refractivity contribution in [1.82, 2.24) is 15.0 Å². The van der Waals surface area contributed by atoms with Crippen LogP contribution in [0.15, 0.2) is 35.7 Å². The maximum Gasteiger partial charge on any atom is 0.304 e. The normalized spacial score (nSPS) is 12.7. The Bertz CT molecular complexity index is 1160. The largest absolute Gasteiger partial charge is 0.481 e. The number of carbonyl (C=O) groups is 1. The van der Waals surface area contributed by atoms with E-state index in [1.165, 1.54) is 0 Å². The number of carboxylic acid groups (broad SMARTS) is 1. The summed E-state index contributed by atoms with van der Waals surface area (Å²) < 4.78 is 2.88. The van der Waals surface area contributed by atoms with E-state index in [1.807, 2.05) is 37.6 Å². The first kappa shape index (κ1) is 17.9. The first-order chi connectivity index (χ1) is 13.0. The van der Waals surface area contributed by atoms with Crippen LogP contribution in [0.2, 0.25) is 0 Å². The summed E-state index contributed by atoms with van der Waals surface area (Å²) in [4.78, 5) is 11.6. The summed E-state index contributed by atoms with van der Waals surface area (Å²) >= 11 is 7.83. The molecule has 0 aliphatic heterocycles. The molecule has 2 aromatic carbocycles. The number of aryl methyl sites for hydroxylation is 2. The van der Waals surface area contributed by atoms with Gasteiger partial charge in [0.05, 0.1) is 11.9 Å². The van der Waals surface area contributed by atoms with Crippen LogP contribution in [0, 0.1) is 6.92 Å². The number of hydrogen-bond acceptors (Lipinski definition) is 4. The number of benzene rings is 2. The van der Waals surface area contributed by atoms with Crippen LogP contribution in [0.5, 0.6) is 0 Å². The highest BCUT2D eigenvalue weighted by molar-refractivity contribution is 7.17. The molecule has 5 nitrogen and oxygen atoms in total. The fraction of sp³-hybridized carbons (Fsp3) is 0.250. The Morgan fingerprint density at radius 1 is 1.33 bits per heavy atom. The summed E-state index contributed by atoms with van der Waals surface area (Å²) in [7, 11) is 1.85. The molecule has 0 saturated carbocycles. The summed E-state index contributed by atoms with van der Waals surface area (Å²) in [6.07, 6.45) is 0.00395. The SMILES string of the molecule is Cc1c(C(CC(=O)O)c2cc(CCl)c3sccc3c2)ccc2c1nnn2C. The molecule has 0 aliphatic carbocycles. The Morgan fingerprint density at radius 3 is 2.89 bits per heavy atom. The van der Waals surface area contributed by atoms with E-state index in [1.54, 1.807) is 16.0 Å². The van der Waals surface area contributed by atoms with Gasteiger partial charge in [-0.15, -0.1) is 28.0 Å². The third-order valence-electron chi connectivity index (χ3n) is 5.03. The average molecular weight is 400 g/mol. The Kier molecular flexibility index (Phi) is 4.61. The number of aliphatic carboxylic acids is 1. The minimum Gasteiger partial charge on any atom is -0.481 e. The smallest absolute Gasteiger partial charge is 0.304 e. The Hall–Kier alpha value is -2.44. The summed E-state index contributed by atoms with van der Waals surface area (Å²) in [6.45, 7) is 1.98. The lowest BCUT2D eigenvalue weighted by atomic mass is 9.84. The van der Waals surface area contributed by atoms with Crippen molar-refractivity contribution in [3.8, 4) is 0 Å². The molecule has 0 amide bonds. The highest BCUT2D eigenvalue weighted by Crippen LogP contribution is 2.37. The van der Waals surface area contributed by atoms with Crippen LogP contribution in [0.25, 0.3) is 21.1 Å². The molecular weight excluding hydrogens is 382 g/mol. The van der Waals surface area contributed by atoms with Gasteiger partial charge in [0.15, 0.2) is 0 Å². The molecule has 2 aromatic heterocycles. The fourth-order valence-electron chi connectivity index (χ4n) is 3.69. The lowest BCUT2D eigenvalue weighted by Gasteiger charge is -2.20. The summed E-state index contributed by atoms with van der Waals surface area (Å²) in [5.41, 5.74) is 5.66. The van der Waals surface area contributed by atoms with Gasteiger partial charge in [-0.1, -0.05) is 17.3 Å². The second-order valence-electron chi connectivity index (χ2n) is 6.66. The van der Waals surface area contributed by atoms with Gasteiger partial charge in [0.1, 0.15) is 5.52 Å². The number of alkyl halides is 1. The van der Waals surface area contributed by atoms with Crippen molar-refractivity contribution in [3.05, 3.63) is 58.0 Å². The number of hydrogen-bond donors (Lipinski definition) is 1. The lowest BCUT2D eigenvalue weighted by molar-refractivity contribution is -0.137. The number of aromatic nitrogens is 3. The first-order valence-electron chi connectivity index (χ1n) is 8.56. The number of halogens is 1. The number of nitrogens with zero attached hydrogens (tertiary/aromatic N) is 3. The minimum atomic E-state index is -0.837. The van der Waals surface area contributed by atoms with Gasteiger partial charge in [0.25, 0.3) is 0 Å². The molecule has 0 bridgehead atoms. The van der Waals surface area contributed by atoms with Gasteiger partial charge in [-0.25, -0.2) is 4.68 Å². The van der Waals surface area contributed by atoms with Crippen molar-refractivity contribution >= 4 is 50.0 Å². The van der Waals surface area contributed by atoms with Crippen molar-refractivity contribution in [2.45, 2.75) is 25.1 Å². The molecule has 138 valence electrons. The second-order valence-corrected chi connectivity index (χ2v) is 7.85. The van der Waals surface area contributed by atoms with E-state index < -0.39 is 5.97 Å². The quantitative estimate of drug-likeness (QED) is 0.488. The van der Waals surface area contributed by atoms with Gasteiger partial charge in [-0.05, 0) is 58.1 Å². The molecule has 0 spiro atoms. The van der Waals surface area contributed by atoms with Gasteiger partial charge >= 0.3 is 5.97 Å². The predicted molar refractivity (Wildman–Crippen MR) is 109 cm³/mol. The van der Waals surface area contributed by atoms with Crippen LogP contribution in [0.1, 0.15) is 34.6 Å². The van der Waals surface area contributed by atoms with Crippen LogP contribution in [0.4, 0.5) is 0 Å². The number of thiophene rings is 1. The molecule has 2 heterocycles. The van der Waals surface area contributed by atoms with E-state index in [4.69, 9.17) is 11.6 Å². The van der Waals surface area contributed by atoms with Gasteiger partial charge in [0.2, 0.25) is 0 Å². The first-order valence-corrected chi connectivity index (χ1v) is 9.97. The zero-order valence-corrected chi connectivity index (χ0v) is 16.5. The Labute approximate surface area is 165 Å². The maximum absolute atomic E-state index is 11.6. The van der Waals surface area contributed by atoms with E-state index in [0.717, 1.165) is 43.4 Å². The predicted octanol–water partition coefficient (Wildman–Crippen LogP) is 4.84. The molecule has 1 N–H and O–H groups in total. The molecule has 0 aliphatic rings. The van der Waals surface area contributed by atoms with Crippen molar-refractivity contribution in [2.75, 3.05) is 0 Å². The standard InChI is InChI=1S/C20H18ClN3O2S/c1-11-15(3-4-17-19(11)22-23-24(17)2)16(9-18(25)26)13-7-12-5-6-27-20(12)14(8-13)10-21/h3-8,16H,9-10H2,1-2H3,(H,25,26). The van der Waals surface area contributed by atoms with Crippen molar-refractivity contribution < 1.29 is 9.90 Å². The lowest BCUT2D eigenvalue weighted by Crippen LogP contribution is -2.10. The van der Waals surface area contributed by atoms with Gasteiger partial charge < -0.3 is 5.11 Å². The topological polar surface area (TPSA) is 68.0 Å². The van der Waals surface area contributed by atoms with Crippen molar-refractivity contribution in [2.24, 2.45) is 7.05 Å². The number of carboxylic acids is 1. The van der Waals surface area contributed by atoms with E-state index in [9.17, 15) is 9.90 Å². The highest BCUT2D eigenvalue weighted by atomic mass is 35.5. The number of fused-ring (bicyclic) bond motifs is 2. The molecule has 7 heteroatoms. The third-order valence-corrected chi connectivity index (χ3v) is 6.32. The van der Waals surface area contributed by atoms with Crippen LogP contribution >= 0.6 is 22.9 Å². The molecule has 0 radical (unpaired) electrons. The van der Waals surface area contributed by atoms with Gasteiger partial charge in [0, 0.05) is 23.5 Å². The fourth-order valence-corrected chi connectivity index (χ4v) is 4.88. The van der Waals surface area contributed by atoms with Crippen LogP contribution in [-0.2, 0) is 17.7 Å². The summed E-state index contributed by atoms with van der Waals surface area (Å²) in [5.74, 6) is -0.719. The zero-order valence-electron chi connectivity index (χ0n) is 14.9. The Balaban J connectivity index is 1.92. The molecule has 0 fully saturated rings. The molecular formula is C20H18ClN3O2S. The maximum atomic E-state index is 11.6. The molecule has 0 saturated heterocycles. The van der Waals surface area contributed by atoms with Crippen molar-refractivity contribution in [1.29, 1.82) is 0 Å². The highest BCUT2D eigenvalue weighted by Gasteiger charge is 2.23. The van der Waals surface area contributed by atoms with E-state index >= 15 is 0 Å². The molecule has 4 rings (SSSR count). The van der Waals surface area contributed by atoms with Crippen molar-refractivity contribution in [3.63, 3.8) is 0 Å².